The first kappa shape index (κ1) is 11.3. The van der Waals surface area contributed by atoms with Crippen LogP contribution >= 0.6 is 0 Å². The summed E-state index contributed by atoms with van der Waals surface area (Å²) in [6.45, 7) is 0. The number of benzene rings is 2. The van der Waals surface area contributed by atoms with Crippen LogP contribution in [-0.4, -0.2) is 7.11 Å². The highest BCUT2D eigenvalue weighted by Gasteiger charge is 2.05. The highest BCUT2D eigenvalue weighted by molar-refractivity contribution is 5.68. The quantitative estimate of drug-likeness (QED) is 0.722. The number of terminal acetylenes is 1. The van der Waals surface area contributed by atoms with Crippen molar-refractivity contribution in [3.8, 4) is 29.2 Å². The second-order valence-corrected chi connectivity index (χ2v) is 3.77. The van der Waals surface area contributed by atoms with Gasteiger partial charge in [-0.3, -0.25) is 0 Å². The normalized spacial score (nSPS) is 9.65. The zero-order chi connectivity index (χ0) is 12.1. The van der Waals surface area contributed by atoms with Crippen LogP contribution in [0.4, 0.5) is 0 Å². The fourth-order valence-corrected chi connectivity index (χ4v) is 1.85. The van der Waals surface area contributed by atoms with E-state index >= 15 is 0 Å². The molecule has 0 unspecified atom stereocenters. The standard InChI is InChI=1S/C16H14O/c1-3-7-14-12-15(17-2)10-11-16(14)13-8-5-4-6-9-13/h1,4-6,8-12H,7H2,2H3. The highest BCUT2D eigenvalue weighted by atomic mass is 16.5. The molecule has 0 amide bonds. The molecule has 0 aliphatic rings. The molecule has 0 saturated carbocycles. The molecule has 0 aliphatic heterocycles. The lowest BCUT2D eigenvalue weighted by molar-refractivity contribution is 0.414. The lowest BCUT2D eigenvalue weighted by Gasteiger charge is -2.09. The second kappa shape index (κ2) is 5.23. The zero-order valence-corrected chi connectivity index (χ0v) is 9.81. The van der Waals surface area contributed by atoms with Crippen LogP contribution in [0.25, 0.3) is 11.1 Å². The molecule has 2 rings (SSSR count). The van der Waals surface area contributed by atoms with Crippen molar-refractivity contribution in [1.82, 2.24) is 0 Å². The molecule has 0 fully saturated rings. The summed E-state index contributed by atoms with van der Waals surface area (Å²) in [5, 5.41) is 0. The van der Waals surface area contributed by atoms with Gasteiger partial charge in [-0.05, 0) is 28.8 Å². The molecule has 2 aromatic rings. The van der Waals surface area contributed by atoms with Gasteiger partial charge in [-0.25, -0.2) is 0 Å². The van der Waals surface area contributed by atoms with Gasteiger partial charge in [0.2, 0.25) is 0 Å². The Morgan fingerprint density at radius 2 is 1.88 bits per heavy atom. The summed E-state index contributed by atoms with van der Waals surface area (Å²) >= 11 is 0. The van der Waals surface area contributed by atoms with Crippen molar-refractivity contribution in [2.24, 2.45) is 0 Å². The molecule has 84 valence electrons. The van der Waals surface area contributed by atoms with Crippen molar-refractivity contribution in [3.05, 3.63) is 54.1 Å². The molecule has 0 aromatic heterocycles. The van der Waals surface area contributed by atoms with Crippen molar-refractivity contribution in [3.63, 3.8) is 0 Å². The van der Waals surface area contributed by atoms with Gasteiger partial charge in [-0.1, -0.05) is 36.4 Å². The molecule has 0 bridgehead atoms. The van der Waals surface area contributed by atoms with Crippen LogP contribution in [0, 0.1) is 12.3 Å². The average molecular weight is 222 g/mol. The lowest BCUT2D eigenvalue weighted by atomic mass is 9.97. The summed E-state index contributed by atoms with van der Waals surface area (Å²) in [6.07, 6.45) is 6.02. The number of ether oxygens (including phenoxy) is 1. The first-order valence-electron chi connectivity index (χ1n) is 5.51. The third-order valence-electron chi connectivity index (χ3n) is 2.69. The molecule has 1 nitrogen and oxygen atoms in total. The van der Waals surface area contributed by atoms with Crippen molar-refractivity contribution in [1.29, 1.82) is 0 Å². The van der Waals surface area contributed by atoms with Crippen molar-refractivity contribution in [2.45, 2.75) is 6.42 Å². The predicted molar refractivity (Wildman–Crippen MR) is 71.0 cm³/mol. The molecular formula is C16H14O. The Morgan fingerprint density at radius 3 is 2.53 bits per heavy atom. The average Bonchev–Trinajstić information content (AvgIpc) is 2.40. The zero-order valence-electron chi connectivity index (χ0n) is 9.81. The van der Waals surface area contributed by atoms with E-state index in [1.54, 1.807) is 7.11 Å². The topological polar surface area (TPSA) is 9.23 Å². The molecular weight excluding hydrogens is 208 g/mol. The molecule has 0 radical (unpaired) electrons. The van der Waals surface area contributed by atoms with Crippen LogP contribution in [0.5, 0.6) is 5.75 Å². The molecule has 1 heteroatoms. The van der Waals surface area contributed by atoms with Crippen LogP contribution in [-0.2, 0) is 6.42 Å². The Labute approximate surface area is 102 Å². The Bertz CT molecular complexity index is 535. The number of methoxy groups -OCH3 is 1. The molecule has 0 atom stereocenters. The minimum Gasteiger partial charge on any atom is -0.497 e. The summed E-state index contributed by atoms with van der Waals surface area (Å²) in [4.78, 5) is 0. The first-order chi connectivity index (χ1) is 8.35. The Balaban J connectivity index is 2.50. The maximum Gasteiger partial charge on any atom is 0.119 e. The van der Waals surface area contributed by atoms with E-state index in [0.29, 0.717) is 6.42 Å². The summed E-state index contributed by atoms with van der Waals surface area (Å²) in [5.74, 6) is 3.53. The van der Waals surface area contributed by atoms with Crippen molar-refractivity contribution < 1.29 is 4.74 Å². The fraction of sp³-hybridized carbons (Fsp3) is 0.125. The largest absolute Gasteiger partial charge is 0.497 e. The molecule has 0 aliphatic carbocycles. The van der Waals surface area contributed by atoms with Gasteiger partial charge < -0.3 is 4.74 Å². The van der Waals surface area contributed by atoms with Crippen LogP contribution in [0.3, 0.4) is 0 Å². The van der Waals surface area contributed by atoms with Gasteiger partial charge in [0.1, 0.15) is 5.75 Å². The van der Waals surface area contributed by atoms with E-state index in [4.69, 9.17) is 11.2 Å². The number of hydrogen-bond acceptors (Lipinski definition) is 1. The third-order valence-corrected chi connectivity index (χ3v) is 2.69. The van der Waals surface area contributed by atoms with Crippen LogP contribution in [0.2, 0.25) is 0 Å². The van der Waals surface area contributed by atoms with Crippen LogP contribution < -0.4 is 4.74 Å². The monoisotopic (exact) mass is 222 g/mol. The van der Waals surface area contributed by atoms with E-state index in [9.17, 15) is 0 Å². The molecule has 0 heterocycles. The van der Waals surface area contributed by atoms with E-state index in [-0.39, 0.29) is 0 Å². The predicted octanol–water partition coefficient (Wildman–Crippen LogP) is 3.54. The maximum atomic E-state index is 5.41. The van der Waals surface area contributed by atoms with Crippen LogP contribution in [0.15, 0.2) is 48.5 Å². The Hall–Kier alpha value is -2.20. The summed E-state index contributed by atoms with van der Waals surface area (Å²) in [5.41, 5.74) is 3.47. The van der Waals surface area contributed by atoms with E-state index in [0.717, 1.165) is 11.3 Å². The molecule has 0 saturated heterocycles. The van der Waals surface area contributed by atoms with Gasteiger partial charge >= 0.3 is 0 Å². The summed E-state index contributed by atoms with van der Waals surface area (Å²) in [7, 11) is 1.66. The van der Waals surface area contributed by atoms with Crippen LogP contribution in [0.1, 0.15) is 5.56 Å². The third kappa shape index (κ3) is 2.49. The number of rotatable bonds is 3. The van der Waals surface area contributed by atoms with E-state index in [2.05, 4.69) is 24.1 Å². The molecule has 17 heavy (non-hydrogen) atoms. The summed E-state index contributed by atoms with van der Waals surface area (Å²) in [6, 6.07) is 16.3. The molecule has 2 aromatic carbocycles. The van der Waals surface area contributed by atoms with Gasteiger partial charge in [0.25, 0.3) is 0 Å². The molecule has 0 spiro atoms. The van der Waals surface area contributed by atoms with E-state index in [1.165, 1.54) is 11.1 Å². The number of hydrogen-bond donors (Lipinski definition) is 0. The maximum absolute atomic E-state index is 5.41. The van der Waals surface area contributed by atoms with Gasteiger partial charge in [0.05, 0.1) is 7.11 Å². The SMILES string of the molecule is C#CCc1cc(OC)ccc1-c1ccccc1. The van der Waals surface area contributed by atoms with Gasteiger partial charge in [0, 0.05) is 6.42 Å². The molecule has 0 N–H and O–H groups in total. The summed E-state index contributed by atoms with van der Waals surface area (Å²) < 4.78 is 5.22. The minimum absolute atomic E-state index is 0.613. The van der Waals surface area contributed by atoms with Crippen molar-refractivity contribution in [2.75, 3.05) is 7.11 Å². The van der Waals surface area contributed by atoms with E-state index in [1.807, 2.05) is 30.3 Å². The lowest BCUT2D eigenvalue weighted by Crippen LogP contribution is -1.91. The highest BCUT2D eigenvalue weighted by Crippen LogP contribution is 2.27. The second-order valence-electron chi connectivity index (χ2n) is 3.77. The van der Waals surface area contributed by atoms with Crippen molar-refractivity contribution >= 4 is 0 Å². The van der Waals surface area contributed by atoms with Gasteiger partial charge in [0.15, 0.2) is 0 Å². The Morgan fingerprint density at radius 1 is 1.12 bits per heavy atom. The first-order valence-corrected chi connectivity index (χ1v) is 5.51. The van der Waals surface area contributed by atoms with Gasteiger partial charge in [-0.15, -0.1) is 12.3 Å². The van der Waals surface area contributed by atoms with E-state index < -0.39 is 0 Å². The fourth-order valence-electron chi connectivity index (χ4n) is 1.85. The smallest absolute Gasteiger partial charge is 0.119 e. The minimum atomic E-state index is 0.613. The van der Waals surface area contributed by atoms with Gasteiger partial charge in [-0.2, -0.15) is 0 Å². The Kier molecular flexibility index (Phi) is 3.47.